The van der Waals surface area contributed by atoms with Gasteiger partial charge in [0.25, 0.3) is 5.91 Å². The van der Waals surface area contributed by atoms with Crippen LogP contribution in [-0.2, 0) is 4.74 Å². The van der Waals surface area contributed by atoms with Crippen molar-refractivity contribution in [2.24, 2.45) is 0 Å². The van der Waals surface area contributed by atoms with Gasteiger partial charge in [-0.2, -0.15) is 0 Å². The molecule has 0 aliphatic carbocycles. The van der Waals surface area contributed by atoms with E-state index in [1.165, 1.54) is 0 Å². The fraction of sp³-hybridized carbons (Fsp3) is 0.562. The molecule has 0 radical (unpaired) electrons. The first-order chi connectivity index (χ1) is 10.3. The van der Waals surface area contributed by atoms with Gasteiger partial charge in [0.15, 0.2) is 0 Å². The normalized spacial score (nSPS) is 27.6. The third kappa shape index (κ3) is 3.26. The number of rotatable bonds is 2. The summed E-state index contributed by atoms with van der Waals surface area (Å²) in [6.07, 6.45) is 0.841. The van der Waals surface area contributed by atoms with E-state index in [4.69, 9.17) is 4.74 Å². The molecule has 2 heterocycles. The second-order valence-electron chi connectivity index (χ2n) is 5.67. The van der Waals surface area contributed by atoms with Crippen LogP contribution >= 0.6 is 0 Å². The molecule has 5 nitrogen and oxygen atoms in total. The molecule has 1 amide bonds. The lowest BCUT2D eigenvalue weighted by Crippen LogP contribution is -2.54. The van der Waals surface area contributed by atoms with Gasteiger partial charge in [-0.1, -0.05) is 18.2 Å². The number of likely N-dealkylation sites (tertiary alicyclic amines) is 1. The number of carbonyl (C=O) groups is 1. The summed E-state index contributed by atoms with van der Waals surface area (Å²) in [5.41, 5.74) is 0.640. The van der Waals surface area contributed by atoms with E-state index < -0.39 is 6.23 Å². The summed E-state index contributed by atoms with van der Waals surface area (Å²) >= 11 is 0. The van der Waals surface area contributed by atoms with Crippen molar-refractivity contribution in [1.29, 1.82) is 0 Å². The summed E-state index contributed by atoms with van der Waals surface area (Å²) < 4.78 is 5.37. The molecule has 1 aromatic rings. The van der Waals surface area contributed by atoms with Crippen molar-refractivity contribution in [2.75, 3.05) is 32.8 Å². The summed E-state index contributed by atoms with van der Waals surface area (Å²) in [6, 6.07) is 9.52. The lowest BCUT2D eigenvalue weighted by molar-refractivity contribution is -0.0572. The van der Waals surface area contributed by atoms with Crippen LogP contribution in [0.4, 0.5) is 0 Å². The summed E-state index contributed by atoms with van der Waals surface area (Å²) in [7, 11) is 0. The van der Waals surface area contributed by atoms with E-state index in [2.05, 4.69) is 4.90 Å². The maximum absolute atomic E-state index is 12.4. The molecule has 2 aliphatic rings. The molecule has 2 unspecified atom stereocenters. The number of nitrogens with zero attached hydrogens (tertiary/aromatic N) is 2. The van der Waals surface area contributed by atoms with Crippen LogP contribution in [0.3, 0.4) is 0 Å². The number of carbonyl (C=O) groups excluding carboxylic acids is 1. The van der Waals surface area contributed by atoms with Crippen molar-refractivity contribution in [1.82, 2.24) is 9.80 Å². The summed E-state index contributed by atoms with van der Waals surface area (Å²) in [6.45, 7) is 3.98. The van der Waals surface area contributed by atoms with Crippen molar-refractivity contribution in [3.8, 4) is 0 Å². The van der Waals surface area contributed by atoms with Crippen LogP contribution in [0.2, 0.25) is 0 Å². The van der Waals surface area contributed by atoms with Gasteiger partial charge in [-0.05, 0) is 18.6 Å². The molecule has 2 saturated heterocycles. The Labute approximate surface area is 125 Å². The van der Waals surface area contributed by atoms with E-state index in [0.29, 0.717) is 24.6 Å². The molecule has 1 aromatic carbocycles. The van der Waals surface area contributed by atoms with Crippen LogP contribution in [0.1, 0.15) is 23.2 Å². The Bertz CT molecular complexity index is 474. The average Bonchev–Trinajstić information content (AvgIpc) is 2.56. The number of aliphatic hydroxyl groups excluding tert-OH is 1. The van der Waals surface area contributed by atoms with Gasteiger partial charge in [0.05, 0.1) is 13.2 Å². The third-order valence-electron chi connectivity index (χ3n) is 4.39. The number of benzene rings is 1. The molecule has 2 atom stereocenters. The second kappa shape index (κ2) is 6.56. The lowest BCUT2D eigenvalue weighted by Gasteiger charge is -2.42. The minimum absolute atomic E-state index is 0.0801. The van der Waals surface area contributed by atoms with Crippen molar-refractivity contribution in [2.45, 2.75) is 25.1 Å². The van der Waals surface area contributed by atoms with Crippen LogP contribution in [0.15, 0.2) is 30.3 Å². The second-order valence-corrected chi connectivity index (χ2v) is 5.67. The number of amides is 1. The van der Waals surface area contributed by atoms with Gasteiger partial charge < -0.3 is 14.7 Å². The Kier molecular flexibility index (Phi) is 4.53. The van der Waals surface area contributed by atoms with Gasteiger partial charge in [-0.3, -0.25) is 9.69 Å². The molecule has 1 N–H and O–H groups in total. The Morgan fingerprint density at radius 3 is 2.52 bits per heavy atom. The van der Waals surface area contributed by atoms with E-state index in [-0.39, 0.29) is 5.91 Å². The van der Waals surface area contributed by atoms with Crippen LogP contribution in [0.25, 0.3) is 0 Å². The summed E-state index contributed by atoms with van der Waals surface area (Å²) in [5, 5.41) is 10.3. The molecule has 3 rings (SSSR count). The van der Waals surface area contributed by atoms with Gasteiger partial charge in [0.1, 0.15) is 6.23 Å². The van der Waals surface area contributed by atoms with Gasteiger partial charge in [-0.15, -0.1) is 0 Å². The number of hydrogen-bond acceptors (Lipinski definition) is 4. The van der Waals surface area contributed by atoms with Gasteiger partial charge in [0, 0.05) is 37.7 Å². The first-order valence-electron chi connectivity index (χ1n) is 7.61. The van der Waals surface area contributed by atoms with Gasteiger partial charge in [0.2, 0.25) is 0 Å². The highest BCUT2D eigenvalue weighted by Crippen LogP contribution is 2.23. The van der Waals surface area contributed by atoms with Crippen molar-refractivity contribution in [3.05, 3.63) is 35.9 Å². The number of piperidine rings is 1. The van der Waals surface area contributed by atoms with E-state index in [1.54, 1.807) is 17.0 Å². The largest absolute Gasteiger partial charge is 0.379 e. The highest BCUT2D eigenvalue weighted by atomic mass is 16.5. The molecule has 114 valence electrons. The zero-order chi connectivity index (χ0) is 14.7. The van der Waals surface area contributed by atoms with Crippen molar-refractivity contribution < 1.29 is 14.6 Å². The molecule has 2 fully saturated rings. The molecular weight excluding hydrogens is 268 g/mol. The summed E-state index contributed by atoms with van der Waals surface area (Å²) in [5.74, 6) is -0.0801. The minimum Gasteiger partial charge on any atom is -0.379 e. The van der Waals surface area contributed by atoms with Gasteiger partial charge in [-0.25, -0.2) is 0 Å². The zero-order valence-electron chi connectivity index (χ0n) is 12.1. The molecule has 21 heavy (non-hydrogen) atoms. The molecular formula is C16H22N2O3. The lowest BCUT2D eigenvalue weighted by atomic mass is 10.00. The highest BCUT2D eigenvalue weighted by molar-refractivity contribution is 5.94. The quantitative estimate of drug-likeness (QED) is 0.881. The average molecular weight is 290 g/mol. The van der Waals surface area contributed by atoms with E-state index >= 15 is 0 Å². The van der Waals surface area contributed by atoms with E-state index in [9.17, 15) is 9.90 Å². The Balaban J connectivity index is 1.62. The molecule has 2 aliphatic heterocycles. The zero-order valence-corrected chi connectivity index (χ0v) is 12.1. The minimum atomic E-state index is -0.695. The maximum atomic E-state index is 12.4. The molecule has 0 saturated carbocycles. The standard InChI is InChI=1S/C16H22N2O3/c19-15-12-14(17-8-10-21-11-9-17)6-7-18(15)16(20)13-4-2-1-3-5-13/h1-5,14-15,19H,6-12H2. The third-order valence-corrected chi connectivity index (χ3v) is 4.39. The Hall–Kier alpha value is -1.43. The van der Waals surface area contributed by atoms with E-state index in [0.717, 1.165) is 32.7 Å². The Morgan fingerprint density at radius 2 is 1.86 bits per heavy atom. The van der Waals surface area contributed by atoms with Crippen LogP contribution in [0.5, 0.6) is 0 Å². The first kappa shape index (κ1) is 14.5. The first-order valence-corrected chi connectivity index (χ1v) is 7.61. The molecule has 0 bridgehead atoms. The van der Waals surface area contributed by atoms with Gasteiger partial charge >= 0.3 is 0 Å². The number of morpholine rings is 1. The predicted molar refractivity (Wildman–Crippen MR) is 78.9 cm³/mol. The van der Waals surface area contributed by atoms with Crippen LogP contribution in [-0.4, -0.2) is 65.9 Å². The highest BCUT2D eigenvalue weighted by Gasteiger charge is 2.33. The van der Waals surface area contributed by atoms with E-state index in [1.807, 2.05) is 18.2 Å². The molecule has 5 heteroatoms. The summed E-state index contributed by atoms with van der Waals surface area (Å²) in [4.78, 5) is 16.4. The predicted octanol–water partition coefficient (Wildman–Crippen LogP) is 0.942. The number of hydrogen-bond donors (Lipinski definition) is 1. The number of aliphatic hydroxyl groups is 1. The van der Waals surface area contributed by atoms with Crippen LogP contribution in [0, 0.1) is 0 Å². The molecule has 0 aromatic heterocycles. The van der Waals surface area contributed by atoms with Crippen LogP contribution < -0.4 is 0 Å². The topological polar surface area (TPSA) is 53.0 Å². The Morgan fingerprint density at radius 1 is 1.14 bits per heavy atom. The number of ether oxygens (including phenoxy) is 1. The SMILES string of the molecule is O=C(c1ccccc1)N1CCC(N2CCOCC2)CC1O. The smallest absolute Gasteiger partial charge is 0.255 e. The monoisotopic (exact) mass is 290 g/mol. The maximum Gasteiger partial charge on any atom is 0.255 e. The molecule has 0 spiro atoms. The van der Waals surface area contributed by atoms with Crippen molar-refractivity contribution in [3.63, 3.8) is 0 Å². The fourth-order valence-corrected chi connectivity index (χ4v) is 3.18. The van der Waals surface area contributed by atoms with Crippen molar-refractivity contribution >= 4 is 5.91 Å². The fourth-order valence-electron chi connectivity index (χ4n) is 3.18.